The van der Waals surface area contributed by atoms with Gasteiger partial charge in [0.15, 0.2) is 5.13 Å². The number of benzene rings is 2. The number of piperidine rings is 1. The summed E-state index contributed by atoms with van der Waals surface area (Å²) in [5.74, 6) is -0.175. The first-order chi connectivity index (χ1) is 18.7. The Bertz CT molecular complexity index is 1410. The van der Waals surface area contributed by atoms with Gasteiger partial charge in [0.25, 0.3) is 0 Å². The summed E-state index contributed by atoms with van der Waals surface area (Å²) in [7, 11) is -3.57. The van der Waals surface area contributed by atoms with Crippen LogP contribution in [0, 0.1) is 26.7 Å². The van der Waals surface area contributed by atoms with Gasteiger partial charge in [0.05, 0.1) is 28.3 Å². The third kappa shape index (κ3) is 6.36. The molecular formula is C29H38N4O4S2. The molecule has 0 unspecified atom stereocenters. The summed E-state index contributed by atoms with van der Waals surface area (Å²) >= 11 is 1.57. The highest BCUT2D eigenvalue weighted by Crippen LogP contribution is 2.34. The highest BCUT2D eigenvalue weighted by Gasteiger charge is 2.35. The number of carbonyl (C=O) groups excluding carboxylic acids is 1. The van der Waals surface area contributed by atoms with E-state index in [2.05, 4.69) is 30.9 Å². The maximum Gasteiger partial charge on any atom is 0.243 e. The highest BCUT2D eigenvalue weighted by molar-refractivity contribution is 7.89. The molecule has 0 atom stereocenters. The standard InChI is InChI=1S/C29H38N4O4S2/c1-21-5-7-25(8-6-21)39(35,36)32-13-9-24(10-14-32)28(34)33(12-4-11-31-15-17-37-18-16-31)29-30-27-23(3)19-22(2)20-26(27)38-29/h5-8,19-20,24H,4,9-18H2,1-3H3. The second kappa shape index (κ2) is 12.0. The van der Waals surface area contributed by atoms with E-state index < -0.39 is 10.0 Å². The van der Waals surface area contributed by atoms with Gasteiger partial charge in [-0.1, -0.05) is 35.1 Å². The molecule has 10 heteroatoms. The lowest BCUT2D eigenvalue weighted by Crippen LogP contribution is -2.45. The number of anilines is 1. The van der Waals surface area contributed by atoms with Crippen LogP contribution in [0.2, 0.25) is 0 Å². The van der Waals surface area contributed by atoms with E-state index in [1.165, 1.54) is 9.87 Å². The largest absolute Gasteiger partial charge is 0.379 e. The van der Waals surface area contributed by atoms with Crippen LogP contribution < -0.4 is 4.90 Å². The van der Waals surface area contributed by atoms with Crippen LogP contribution in [0.5, 0.6) is 0 Å². The zero-order chi connectivity index (χ0) is 27.6. The van der Waals surface area contributed by atoms with Crippen LogP contribution in [-0.4, -0.2) is 81.0 Å². The van der Waals surface area contributed by atoms with E-state index in [1.807, 2.05) is 24.0 Å². The van der Waals surface area contributed by atoms with Gasteiger partial charge in [0.1, 0.15) is 0 Å². The Morgan fingerprint density at radius 2 is 1.72 bits per heavy atom. The molecule has 5 rings (SSSR count). The van der Waals surface area contributed by atoms with Crippen molar-refractivity contribution in [3.8, 4) is 0 Å². The average Bonchev–Trinajstić information content (AvgIpc) is 3.36. The molecule has 2 fully saturated rings. The highest BCUT2D eigenvalue weighted by atomic mass is 32.2. The number of sulfonamides is 1. The molecule has 3 heterocycles. The Morgan fingerprint density at radius 1 is 1.03 bits per heavy atom. The molecule has 3 aromatic rings. The lowest BCUT2D eigenvalue weighted by Gasteiger charge is -2.33. The van der Waals surface area contributed by atoms with E-state index in [4.69, 9.17) is 9.72 Å². The van der Waals surface area contributed by atoms with E-state index in [-0.39, 0.29) is 11.8 Å². The molecule has 2 aromatic carbocycles. The van der Waals surface area contributed by atoms with Crippen LogP contribution in [0.4, 0.5) is 5.13 Å². The molecule has 8 nitrogen and oxygen atoms in total. The summed E-state index contributed by atoms with van der Waals surface area (Å²) in [6.45, 7) is 11.6. The number of carbonyl (C=O) groups is 1. The van der Waals surface area contributed by atoms with Gasteiger partial charge in [0.2, 0.25) is 15.9 Å². The fraction of sp³-hybridized carbons (Fsp3) is 0.517. The van der Waals surface area contributed by atoms with Crippen LogP contribution in [0.3, 0.4) is 0 Å². The van der Waals surface area contributed by atoms with Crippen molar-refractivity contribution in [2.45, 2.75) is 44.9 Å². The Morgan fingerprint density at radius 3 is 2.41 bits per heavy atom. The maximum atomic E-state index is 14.0. The molecule has 1 aromatic heterocycles. The minimum absolute atomic E-state index is 0.0535. The SMILES string of the molecule is Cc1ccc(S(=O)(=O)N2CCC(C(=O)N(CCCN3CCOCC3)c3nc4c(C)cc(C)cc4s3)CC2)cc1. The van der Waals surface area contributed by atoms with Crippen molar-refractivity contribution in [2.24, 2.45) is 5.92 Å². The number of nitrogens with zero attached hydrogens (tertiary/aromatic N) is 4. The van der Waals surface area contributed by atoms with Gasteiger partial charge in [-0.3, -0.25) is 14.6 Å². The number of fused-ring (bicyclic) bond motifs is 1. The predicted molar refractivity (Wildman–Crippen MR) is 156 cm³/mol. The second-order valence-electron chi connectivity index (χ2n) is 10.7. The number of hydrogen-bond donors (Lipinski definition) is 0. The zero-order valence-electron chi connectivity index (χ0n) is 23.1. The lowest BCUT2D eigenvalue weighted by atomic mass is 9.96. The van der Waals surface area contributed by atoms with Crippen molar-refractivity contribution in [1.82, 2.24) is 14.2 Å². The molecule has 1 amide bonds. The molecule has 2 aliphatic heterocycles. The number of ether oxygens (including phenoxy) is 1. The van der Waals surface area contributed by atoms with Crippen molar-refractivity contribution < 1.29 is 17.9 Å². The molecule has 210 valence electrons. The fourth-order valence-electron chi connectivity index (χ4n) is 5.47. The number of amides is 1. The molecule has 0 radical (unpaired) electrons. The van der Waals surface area contributed by atoms with Crippen molar-refractivity contribution >= 4 is 42.6 Å². The van der Waals surface area contributed by atoms with E-state index in [0.717, 1.165) is 65.7 Å². The number of aromatic nitrogens is 1. The molecule has 0 aliphatic carbocycles. The van der Waals surface area contributed by atoms with Crippen LogP contribution in [0.25, 0.3) is 10.2 Å². The van der Waals surface area contributed by atoms with Crippen molar-refractivity contribution in [1.29, 1.82) is 0 Å². The second-order valence-corrected chi connectivity index (χ2v) is 13.7. The quantitative estimate of drug-likeness (QED) is 0.400. The van der Waals surface area contributed by atoms with Crippen molar-refractivity contribution in [3.05, 3.63) is 53.1 Å². The Labute approximate surface area is 235 Å². The third-order valence-electron chi connectivity index (χ3n) is 7.74. The van der Waals surface area contributed by atoms with Gasteiger partial charge in [-0.2, -0.15) is 4.31 Å². The van der Waals surface area contributed by atoms with Gasteiger partial charge >= 0.3 is 0 Å². The van der Waals surface area contributed by atoms with Crippen molar-refractivity contribution in [2.75, 3.05) is 57.4 Å². The zero-order valence-corrected chi connectivity index (χ0v) is 24.7. The first-order valence-electron chi connectivity index (χ1n) is 13.8. The fourth-order valence-corrected chi connectivity index (χ4v) is 8.12. The first kappa shape index (κ1) is 28.2. The van der Waals surface area contributed by atoms with Gasteiger partial charge in [-0.15, -0.1) is 0 Å². The van der Waals surface area contributed by atoms with Gasteiger partial charge in [0, 0.05) is 45.2 Å². The Balaban J connectivity index is 1.31. The van der Waals surface area contributed by atoms with Crippen molar-refractivity contribution in [3.63, 3.8) is 0 Å². The smallest absolute Gasteiger partial charge is 0.243 e. The summed E-state index contributed by atoms with van der Waals surface area (Å²) in [5.41, 5.74) is 4.27. The number of thiazole rings is 1. The Kier molecular flexibility index (Phi) is 8.68. The van der Waals surface area contributed by atoms with E-state index >= 15 is 0 Å². The van der Waals surface area contributed by atoms with Crippen LogP contribution >= 0.6 is 11.3 Å². The predicted octanol–water partition coefficient (Wildman–Crippen LogP) is 4.38. The average molecular weight is 571 g/mol. The molecule has 2 aliphatic rings. The summed E-state index contributed by atoms with van der Waals surface area (Å²) in [5, 5.41) is 0.736. The summed E-state index contributed by atoms with van der Waals surface area (Å²) in [6, 6.07) is 11.2. The minimum Gasteiger partial charge on any atom is -0.379 e. The summed E-state index contributed by atoms with van der Waals surface area (Å²) < 4.78 is 34.5. The van der Waals surface area contributed by atoms with E-state index in [0.29, 0.717) is 37.4 Å². The first-order valence-corrected chi connectivity index (χ1v) is 16.0. The summed E-state index contributed by atoms with van der Waals surface area (Å²) in [4.78, 5) is 23.4. The molecule has 0 N–H and O–H groups in total. The van der Waals surface area contributed by atoms with Crippen LogP contribution in [0.1, 0.15) is 36.0 Å². The minimum atomic E-state index is -3.57. The van der Waals surface area contributed by atoms with Gasteiger partial charge in [-0.25, -0.2) is 13.4 Å². The van der Waals surface area contributed by atoms with Gasteiger partial charge in [-0.05, 0) is 69.4 Å². The molecule has 2 saturated heterocycles. The molecule has 39 heavy (non-hydrogen) atoms. The van der Waals surface area contributed by atoms with E-state index in [9.17, 15) is 13.2 Å². The molecule has 0 spiro atoms. The maximum absolute atomic E-state index is 14.0. The lowest BCUT2D eigenvalue weighted by molar-refractivity contribution is -0.123. The number of aryl methyl sites for hydroxylation is 3. The summed E-state index contributed by atoms with van der Waals surface area (Å²) in [6.07, 6.45) is 1.86. The molecule has 0 saturated carbocycles. The normalized spacial score (nSPS) is 18.0. The number of rotatable bonds is 8. The molecule has 0 bridgehead atoms. The topological polar surface area (TPSA) is 83.1 Å². The Hall–Kier alpha value is -2.37. The third-order valence-corrected chi connectivity index (χ3v) is 10.7. The van der Waals surface area contributed by atoms with Gasteiger partial charge < -0.3 is 4.74 Å². The molecular weight excluding hydrogens is 532 g/mol. The monoisotopic (exact) mass is 570 g/mol. The van der Waals surface area contributed by atoms with Crippen LogP contribution in [0.15, 0.2) is 41.3 Å². The number of morpholine rings is 1. The van der Waals surface area contributed by atoms with E-state index in [1.54, 1.807) is 23.5 Å². The van der Waals surface area contributed by atoms with Crippen LogP contribution in [-0.2, 0) is 19.6 Å². The number of hydrogen-bond acceptors (Lipinski definition) is 7.